The van der Waals surface area contributed by atoms with E-state index in [1.807, 2.05) is 4.90 Å². The molecule has 19 heavy (non-hydrogen) atoms. The number of likely N-dealkylation sites (tertiary alicyclic amines) is 1. The molecule has 1 amide bonds. The van der Waals surface area contributed by atoms with Crippen LogP contribution < -0.4 is 0 Å². The lowest BCUT2D eigenvalue weighted by Gasteiger charge is -2.38. The number of piperidine rings is 2. The highest BCUT2D eigenvalue weighted by atomic mass is 32.2. The van der Waals surface area contributed by atoms with Crippen LogP contribution in [0.4, 0.5) is 0 Å². The molecule has 110 valence electrons. The fourth-order valence-corrected chi connectivity index (χ4v) is 3.97. The maximum Gasteiger partial charge on any atom is 0.226 e. The van der Waals surface area contributed by atoms with Crippen molar-refractivity contribution < 1.29 is 13.2 Å². The standard InChI is InChI=1S/C13H24N2O3S/c1-11-5-3-4-8-15(11)13(16)12-6-9-14(10-7-12)19(2,17)18/h11-12H,3-10H2,1-2H3. The van der Waals surface area contributed by atoms with Gasteiger partial charge in [-0.25, -0.2) is 12.7 Å². The maximum absolute atomic E-state index is 12.5. The summed E-state index contributed by atoms with van der Waals surface area (Å²) in [4.78, 5) is 14.5. The zero-order valence-corrected chi connectivity index (χ0v) is 12.7. The summed E-state index contributed by atoms with van der Waals surface area (Å²) in [6, 6.07) is 0.342. The molecule has 0 radical (unpaired) electrons. The van der Waals surface area contributed by atoms with Crippen LogP contribution in [0.5, 0.6) is 0 Å². The Morgan fingerprint density at radius 2 is 1.68 bits per heavy atom. The van der Waals surface area contributed by atoms with Crippen LogP contribution in [0, 0.1) is 5.92 Å². The Bertz CT molecular complexity index is 427. The quantitative estimate of drug-likeness (QED) is 0.763. The zero-order chi connectivity index (χ0) is 14.0. The summed E-state index contributed by atoms with van der Waals surface area (Å²) in [7, 11) is -3.10. The lowest BCUT2D eigenvalue weighted by molar-refractivity contribution is -0.140. The van der Waals surface area contributed by atoms with Crippen LogP contribution in [-0.2, 0) is 14.8 Å². The van der Waals surface area contributed by atoms with Gasteiger partial charge >= 0.3 is 0 Å². The predicted octanol–water partition coefficient (Wildman–Crippen LogP) is 1.06. The van der Waals surface area contributed by atoms with Gasteiger partial charge in [-0.05, 0) is 39.0 Å². The first-order chi connectivity index (χ1) is 8.89. The van der Waals surface area contributed by atoms with Crippen molar-refractivity contribution in [3.8, 4) is 0 Å². The average Bonchev–Trinajstić information content (AvgIpc) is 2.38. The molecule has 1 unspecified atom stereocenters. The molecule has 2 aliphatic rings. The molecule has 2 saturated heterocycles. The van der Waals surface area contributed by atoms with Crippen LogP contribution in [0.3, 0.4) is 0 Å². The molecule has 6 heteroatoms. The van der Waals surface area contributed by atoms with Gasteiger partial charge in [-0.1, -0.05) is 0 Å². The monoisotopic (exact) mass is 288 g/mol. The third-order valence-electron chi connectivity index (χ3n) is 4.36. The number of nitrogens with zero attached hydrogens (tertiary/aromatic N) is 2. The van der Waals surface area contributed by atoms with Gasteiger partial charge in [0.1, 0.15) is 0 Å². The van der Waals surface area contributed by atoms with Gasteiger partial charge in [-0.2, -0.15) is 0 Å². The molecule has 2 aliphatic heterocycles. The minimum atomic E-state index is -3.10. The summed E-state index contributed by atoms with van der Waals surface area (Å²) in [5.74, 6) is 0.249. The molecule has 0 aromatic heterocycles. The molecule has 0 N–H and O–H groups in total. The topological polar surface area (TPSA) is 57.7 Å². The molecule has 0 bridgehead atoms. The largest absolute Gasteiger partial charge is 0.340 e. The minimum absolute atomic E-state index is 0.0125. The van der Waals surface area contributed by atoms with Gasteiger partial charge in [-0.15, -0.1) is 0 Å². The van der Waals surface area contributed by atoms with Gasteiger partial charge in [0, 0.05) is 31.6 Å². The van der Waals surface area contributed by atoms with Crippen LogP contribution in [0.25, 0.3) is 0 Å². The fraction of sp³-hybridized carbons (Fsp3) is 0.923. The van der Waals surface area contributed by atoms with Crippen molar-refractivity contribution in [2.24, 2.45) is 5.92 Å². The van der Waals surface area contributed by atoms with Crippen molar-refractivity contribution >= 4 is 15.9 Å². The molecule has 0 aliphatic carbocycles. The summed E-state index contributed by atoms with van der Waals surface area (Å²) in [6.07, 6.45) is 5.95. The van der Waals surface area contributed by atoms with Crippen molar-refractivity contribution in [1.82, 2.24) is 9.21 Å². The molecule has 2 fully saturated rings. The van der Waals surface area contributed by atoms with Crippen molar-refractivity contribution in [2.45, 2.75) is 45.1 Å². The smallest absolute Gasteiger partial charge is 0.226 e. The summed E-state index contributed by atoms with van der Waals surface area (Å²) in [6.45, 7) is 3.95. The zero-order valence-electron chi connectivity index (χ0n) is 11.8. The molecule has 0 saturated carbocycles. The highest BCUT2D eigenvalue weighted by Gasteiger charge is 2.33. The Balaban J connectivity index is 1.92. The van der Waals surface area contributed by atoms with E-state index in [0.29, 0.717) is 32.0 Å². The Labute approximate surface area is 116 Å². The van der Waals surface area contributed by atoms with E-state index < -0.39 is 10.0 Å². The normalized spacial score (nSPS) is 27.5. The molecule has 0 spiro atoms. The molecule has 2 rings (SSSR count). The van der Waals surface area contributed by atoms with E-state index in [-0.39, 0.29) is 11.8 Å². The van der Waals surface area contributed by atoms with Crippen molar-refractivity contribution in [1.29, 1.82) is 0 Å². The lowest BCUT2D eigenvalue weighted by Crippen LogP contribution is -2.48. The van der Waals surface area contributed by atoms with Gasteiger partial charge in [0.2, 0.25) is 15.9 Å². The summed E-state index contributed by atoms with van der Waals surface area (Å²) < 4.78 is 24.4. The van der Waals surface area contributed by atoms with Crippen LogP contribution in [-0.4, -0.2) is 55.5 Å². The molecular formula is C13H24N2O3S. The SMILES string of the molecule is CC1CCCCN1C(=O)C1CCN(S(C)(=O)=O)CC1. The highest BCUT2D eigenvalue weighted by Crippen LogP contribution is 2.25. The summed E-state index contributed by atoms with van der Waals surface area (Å²) in [5, 5.41) is 0. The second-order valence-corrected chi connectivity index (χ2v) is 7.80. The van der Waals surface area contributed by atoms with Crippen molar-refractivity contribution in [3.63, 3.8) is 0 Å². The third-order valence-corrected chi connectivity index (χ3v) is 5.66. The van der Waals surface area contributed by atoms with E-state index >= 15 is 0 Å². The second-order valence-electron chi connectivity index (χ2n) is 5.81. The Morgan fingerprint density at radius 3 is 2.21 bits per heavy atom. The van der Waals surface area contributed by atoms with Crippen LogP contribution in [0.2, 0.25) is 0 Å². The first-order valence-corrected chi connectivity index (χ1v) is 9.00. The average molecular weight is 288 g/mol. The minimum Gasteiger partial charge on any atom is -0.340 e. The van der Waals surface area contributed by atoms with Crippen molar-refractivity contribution in [2.75, 3.05) is 25.9 Å². The number of carbonyl (C=O) groups is 1. The lowest BCUT2D eigenvalue weighted by atomic mass is 9.94. The molecule has 1 atom stereocenters. The number of amides is 1. The maximum atomic E-state index is 12.5. The molecule has 5 nitrogen and oxygen atoms in total. The highest BCUT2D eigenvalue weighted by molar-refractivity contribution is 7.88. The van der Waals surface area contributed by atoms with Crippen molar-refractivity contribution in [3.05, 3.63) is 0 Å². The molecule has 0 aromatic carbocycles. The number of hydrogen-bond acceptors (Lipinski definition) is 3. The van der Waals surface area contributed by atoms with E-state index in [2.05, 4.69) is 6.92 Å². The van der Waals surface area contributed by atoms with E-state index in [9.17, 15) is 13.2 Å². The Kier molecular flexibility index (Phi) is 4.50. The number of carbonyl (C=O) groups excluding carboxylic acids is 1. The van der Waals surface area contributed by atoms with Gasteiger partial charge in [0.15, 0.2) is 0 Å². The van der Waals surface area contributed by atoms with Gasteiger partial charge < -0.3 is 4.90 Å². The molecule has 0 aromatic rings. The molecule has 2 heterocycles. The van der Waals surface area contributed by atoms with Gasteiger partial charge in [-0.3, -0.25) is 4.79 Å². The third kappa shape index (κ3) is 3.48. The Morgan fingerprint density at radius 1 is 1.05 bits per heavy atom. The van der Waals surface area contributed by atoms with E-state index in [1.165, 1.54) is 17.0 Å². The van der Waals surface area contributed by atoms with Gasteiger partial charge in [0.25, 0.3) is 0 Å². The predicted molar refractivity (Wildman–Crippen MR) is 74.2 cm³/mol. The first kappa shape index (κ1) is 14.8. The second kappa shape index (κ2) is 5.79. The number of sulfonamides is 1. The van der Waals surface area contributed by atoms with Crippen LogP contribution in [0.1, 0.15) is 39.0 Å². The Hall–Kier alpha value is -0.620. The summed E-state index contributed by atoms with van der Waals surface area (Å²) >= 11 is 0. The van der Waals surface area contributed by atoms with E-state index in [1.54, 1.807) is 0 Å². The van der Waals surface area contributed by atoms with Crippen LogP contribution >= 0.6 is 0 Å². The molecular weight excluding hydrogens is 264 g/mol. The number of hydrogen-bond donors (Lipinski definition) is 0. The summed E-state index contributed by atoms with van der Waals surface area (Å²) in [5.41, 5.74) is 0. The first-order valence-electron chi connectivity index (χ1n) is 7.15. The fourth-order valence-electron chi connectivity index (χ4n) is 3.09. The van der Waals surface area contributed by atoms with Gasteiger partial charge in [0.05, 0.1) is 6.26 Å². The van der Waals surface area contributed by atoms with E-state index in [0.717, 1.165) is 19.4 Å². The van der Waals surface area contributed by atoms with E-state index in [4.69, 9.17) is 0 Å². The number of rotatable bonds is 2. The van der Waals surface area contributed by atoms with Crippen LogP contribution in [0.15, 0.2) is 0 Å².